The van der Waals surface area contributed by atoms with Gasteiger partial charge in [-0.2, -0.15) is 0 Å². The lowest BCUT2D eigenvalue weighted by molar-refractivity contribution is 1.24. The fourth-order valence-electron chi connectivity index (χ4n) is 5.53. The Morgan fingerprint density at radius 3 is 1.80 bits per heavy atom. The average Bonchev–Trinajstić information content (AvgIpc) is 3.98. The Kier molecular flexibility index (Phi) is 2.95. The zero-order valence-electron chi connectivity index (χ0n) is 40.4. The van der Waals surface area contributed by atoms with Gasteiger partial charge in [0.25, 0.3) is 0 Å². The smallest absolute Gasteiger partial charge is 0.116 e. The van der Waals surface area contributed by atoms with Gasteiger partial charge in [0, 0.05) is 56.0 Å². The van der Waals surface area contributed by atoms with Gasteiger partial charge in [0.15, 0.2) is 0 Å². The maximum Gasteiger partial charge on any atom is 0.116 e. The van der Waals surface area contributed by atoms with Crippen molar-refractivity contribution >= 4 is 94.7 Å². The maximum atomic E-state index is 9.58. The molecule has 0 bridgehead atoms. The molecule has 6 aromatic carbocycles. The van der Waals surface area contributed by atoms with E-state index in [-0.39, 0.29) is 87.8 Å². The minimum Gasteiger partial charge on any atom is -0.235 e. The molecule has 0 atom stereocenters. The van der Waals surface area contributed by atoms with Gasteiger partial charge >= 0.3 is 0 Å². The van der Waals surface area contributed by atoms with Crippen LogP contribution in [0.5, 0.6) is 0 Å². The van der Waals surface area contributed by atoms with E-state index >= 15 is 0 Å². The molecule has 0 radical (unpaired) electrons. The van der Waals surface area contributed by atoms with Crippen LogP contribution in [0.2, 0.25) is 0 Å². The molecule has 10 rings (SSSR count). The van der Waals surface area contributed by atoms with E-state index in [0.717, 1.165) is 22.7 Å². The first kappa shape index (κ1) is 13.6. The van der Waals surface area contributed by atoms with E-state index in [9.17, 15) is 1.37 Å². The number of rotatable bonds is 3. The number of thiophene rings is 3. The number of hydrogen-bond donors (Lipinski definition) is 0. The molecule has 4 aromatic heterocycles. The second-order valence-corrected chi connectivity index (χ2v) is 13.1. The number of benzene rings is 6. The Morgan fingerprint density at radius 1 is 0.467 bits per heavy atom. The Labute approximate surface area is 295 Å². The van der Waals surface area contributed by atoms with Crippen LogP contribution in [0.4, 0.5) is 0 Å². The molecule has 0 saturated heterocycles. The summed E-state index contributed by atoms with van der Waals surface area (Å²) in [5.74, 6) is 0. The van der Waals surface area contributed by atoms with Crippen molar-refractivity contribution in [2.24, 2.45) is 0 Å². The van der Waals surface area contributed by atoms with Crippen molar-refractivity contribution in [3.63, 3.8) is 0 Å². The average molecular weight is 645 g/mol. The Balaban J connectivity index is 1.23. The Morgan fingerprint density at radius 2 is 1.07 bits per heavy atom. The molecule has 0 aliphatic carbocycles. The zero-order chi connectivity index (χ0) is 45.1. The van der Waals surface area contributed by atoms with E-state index in [1.807, 2.05) is 0 Å². The molecule has 210 valence electrons. The lowest BCUT2D eigenvalue weighted by Crippen LogP contribution is -1.87. The third-order valence-corrected chi connectivity index (χ3v) is 10.9. The summed E-state index contributed by atoms with van der Waals surface area (Å²) in [4.78, 5) is 9.02. The highest BCUT2D eigenvalue weighted by Gasteiger charge is 2.17. The van der Waals surface area contributed by atoms with Gasteiger partial charge in [0.1, 0.15) is 6.33 Å². The van der Waals surface area contributed by atoms with Crippen LogP contribution >= 0.6 is 34.0 Å². The quantitative estimate of drug-likeness (QED) is 0.191. The summed E-state index contributed by atoms with van der Waals surface area (Å²) in [5.41, 5.74) is 0.300. The molecule has 10 aromatic rings. The van der Waals surface area contributed by atoms with Gasteiger partial charge in [-0.05, 0) is 52.5 Å². The molecular weight excluding hydrogens is 605 g/mol. The van der Waals surface area contributed by atoms with Crippen molar-refractivity contribution in [3.8, 4) is 33.5 Å². The van der Waals surface area contributed by atoms with Crippen molar-refractivity contribution in [1.82, 2.24) is 9.97 Å². The standard InChI is InChI=1S/C40H22N2S3/c1-3-16-33-28(10-1)30-14-6-12-26(38(30)43-33)23-8-5-9-25(20-23)36-40-37(42-22-41-36)32-21-24(18-19-35(32)45-40)27-13-7-15-31-29-11-2-4-17-34(29)44-39(27)31/h1-22H/i1D,2D,3D,4D,5D,6D,7D,8D,9D,10D,11D,12D,13D,14D,15D,16D,17D,20D. The number of fused-ring (bicyclic) bond motifs is 9. The lowest BCUT2D eigenvalue weighted by atomic mass is 9.99. The van der Waals surface area contributed by atoms with Gasteiger partial charge in [0.2, 0.25) is 0 Å². The van der Waals surface area contributed by atoms with Crippen LogP contribution in [0.3, 0.4) is 0 Å². The molecular formula is C40H22N2S3. The molecule has 0 saturated carbocycles. The van der Waals surface area contributed by atoms with Gasteiger partial charge in [-0.1, -0.05) is 96.7 Å². The Hall–Kier alpha value is -4.94. The van der Waals surface area contributed by atoms with E-state index in [1.54, 1.807) is 18.2 Å². The van der Waals surface area contributed by atoms with E-state index in [4.69, 9.17) is 23.3 Å². The monoisotopic (exact) mass is 644 g/mol. The van der Waals surface area contributed by atoms with Gasteiger partial charge < -0.3 is 0 Å². The van der Waals surface area contributed by atoms with Crippen molar-refractivity contribution < 1.29 is 24.7 Å². The highest BCUT2D eigenvalue weighted by atomic mass is 32.1. The van der Waals surface area contributed by atoms with Crippen LogP contribution in [-0.4, -0.2) is 9.97 Å². The summed E-state index contributed by atoms with van der Waals surface area (Å²) < 4.78 is 159. The Bertz CT molecular complexity index is 3800. The van der Waals surface area contributed by atoms with Crippen LogP contribution in [0, 0.1) is 0 Å². The van der Waals surface area contributed by atoms with Crippen molar-refractivity contribution in [2.75, 3.05) is 0 Å². The molecule has 0 fully saturated rings. The molecule has 0 amide bonds. The van der Waals surface area contributed by atoms with Crippen LogP contribution in [0.1, 0.15) is 24.7 Å². The molecule has 4 heterocycles. The van der Waals surface area contributed by atoms with Crippen molar-refractivity contribution in [2.45, 2.75) is 0 Å². The first-order chi connectivity index (χ1) is 29.8. The van der Waals surface area contributed by atoms with E-state index in [2.05, 4.69) is 9.97 Å². The van der Waals surface area contributed by atoms with Crippen molar-refractivity contribution in [1.29, 1.82) is 0 Å². The molecule has 0 aliphatic heterocycles. The summed E-state index contributed by atoms with van der Waals surface area (Å²) in [6.45, 7) is 0. The number of hydrogen-bond acceptors (Lipinski definition) is 5. The normalized spacial score (nSPS) is 17.6. The van der Waals surface area contributed by atoms with E-state index < -0.39 is 84.6 Å². The second-order valence-electron chi connectivity index (χ2n) is 9.98. The van der Waals surface area contributed by atoms with Gasteiger partial charge in [-0.3, -0.25) is 0 Å². The summed E-state index contributed by atoms with van der Waals surface area (Å²) in [5, 5.41) is 0.643. The summed E-state index contributed by atoms with van der Waals surface area (Å²) in [7, 11) is 0. The largest absolute Gasteiger partial charge is 0.235 e. The molecule has 0 aliphatic rings. The lowest BCUT2D eigenvalue weighted by Gasteiger charge is -2.07. The van der Waals surface area contributed by atoms with E-state index in [0.29, 0.717) is 30.6 Å². The summed E-state index contributed by atoms with van der Waals surface area (Å²) >= 11 is 3.02. The first-order valence-electron chi connectivity index (χ1n) is 22.4. The van der Waals surface area contributed by atoms with E-state index in [1.165, 1.54) is 17.7 Å². The van der Waals surface area contributed by atoms with Gasteiger partial charge in [-0.15, -0.1) is 34.0 Å². The molecule has 2 nitrogen and oxygen atoms in total. The number of nitrogens with zero attached hydrogens (tertiary/aromatic N) is 2. The van der Waals surface area contributed by atoms with Crippen LogP contribution in [-0.2, 0) is 0 Å². The first-order valence-corrected chi connectivity index (χ1v) is 15.9. The minimum atomic E-state index is -0.633. The minimum absolute atomic E-state index is 0.0397. The third-order valence-electron chi connectivity index (χ3n) is 7.52. The molecule has 45 heavy (non-hydrogen) atoms. The highest BCUT2D eigenvalue weighted by molar-refractivity contribution is 7.27. The van der Waals surface area contributed by atoms with Crippen LogP contribution in [0.25, 0.3) is 94.2 Å². The summed E-state index contributed by atoms with van der Waals surface area (Å²) in [6.07, 6.45) is 1.20. The number of aromatic nitrogens is 2. The molecule has 0 unspecified atom stereocenters. The van der Waals surface area contributed by atoms with Gasteiger partial charge in [-0.25, -0.2) is 9.97 Å². The van der Waals surface area contributed by atoms with Crippen molar-refractivity contribution in [3.05, 3.63) is 133 Å². The molecule has 5 heteroatoms. The predicted molar refractivity (Wildman–Crippen MR) is 197 cm³/mol. The zero-order valence-corrected chi connectivity index (χ0v) is 24.9. The topological polar surface area (TPSA) is 25.8 Å². The molecule has 0 N–H and O–H groups in total. The third kappa shape index (κ3) is 3.85. The fraction of sp³-hybridized carbons (Fsp3) is 0. The second kappa shape index (κ2) is 9.78. The highest BCUT2D eigenvalue weighted by Crippen LogP contribution is 2.44. The fourth-order valence-corrected chi connectivity index (χ4v) is 8.82. The van der Waals surface area contributed by atoms with Gasteiger partial charge in [0.05, 0.1) is 40.6 Å². The predicted octanol–water partition coefficient (Wildman–Crippen LogP) is 12.6. The molecule has 0 spiro atoms. The summed E-state index contributed by atoms with van der Waals surface area (Å²) in [6, 6.07) is -3.42. The van der Waals surface area contributed by atoms with Crippen LogP contribution in [0.15, 0.2) is 133 Å². The maximum absolute atomic E-state index is 9.58. The SMILES string of the molecule is [2H]c1c([2H])c(-c2ncnc3c2sc2ccc(-c4c([2H])c([2H])c([2H])c5c4sc4c([2H])c([2H])c([2H])c([2H])c45)cc23)c([2H])c(-c2c([2H])c([2H])c([2H])c3c2sc2c([2H])c([2H])c([2H])c([2H])c23)c1[2H]. The van der Waals surface area contributed by atoms with Crippen LogP contribution < -0.4 is 0 Å².